The number of nitrogens with two attached hydrogens (primary N) is 1. The first-order chi connectivity index (χ1) is 14.2. The Hall–Kier alpha value is -4.20. The number of nitrogens with one attached hydrogen (secondary N) is 1. The van der Waals surface area contributed by atoms with Crippen LogP contribution in [0, 0.1) is 0 Å². The average Bonchev–Trinajstić information content (AvgIpc) is 2.77. The SMILES string of the molecule is COC(=O)c1ccc(Nc2ncnc(Oc3cccc4cccnc34)c2N)cc1. The van der Waals surface area contributed by atoms with Crippen molar-refractivity contribution < 1.29 is 14.3 Å². The minimum absolute atomic E-state index is 0.215. The van der Waals surface area contributed by atoms with E-state index >= 15 is 0 Å². The van der Waals surface area contributed by atoms with Gasteiger partial charge in [0.15, 0.2) is 11.6 Å². The standard InChI is InChI=1S/C21H17N5O3/c1-28-21(27)14-7-9-15(10-8-14)26-19-17(22)20(25-12-24-19)29-16-6-2-4-13-5-3-11-23-18(13)16/h2-12H,22H2,1H3,(H,24,25,26). The number of methoxy groups -OCH3 is 1. The van der Waals surface area contributed by atoms with Gasteiger partial charge >= 0.3 is 5.97 Å². The van der Waals surface area contributed by atoms with Crippen molar-refractivity contribution in [3.8, 4) is 11.6 Å². The summed E-state index contributed by atoms with van der Waals surface area (Å²) in [4.78, 5) is 24.2. The summed E-state index contributed by atoms with van der Waals surface area (Å²) < 4.78 is 10.6. The maximum Gasteiger partial charge on any atom is 0.337 e. The van der Waals surface area contributed by atoms with E-state index in [9.17, 15) is 4.79 Å². The Morgan fingerprint density at radius 2 is 1.79 bits per heavy atom. The Labute approximate surface area is 166 Å². The van der Waals surface area contributed by atoms with E-state index in [0.717, 1.165) is 5.39 Å². The Kier molecular flexibility index (Phi) is 4.90. The van der Waals surface area contributed by atoms with E-state index in [4.69, 9.17) is 15.2 Å². The molecule has 0 spiro atoms. The molecule has 2 heterocycles. The number of aromatic nitrogens is 3. The number of carbonyl (C=O) groups excluding carboxylic acids is 1. The van der Waals surface area contributed by atoms with Crippen molar-refractivity contribution >= 4 is 34.1 Å². The van der Waals surface area contributed by atoms with Crippen LogP contribution in [0.4, 0.5) is 17.2 Å². The highest BCUT2D eigenvalue weighted by Crippen LogP contribution is 2.33. The summed E-state index contributed by atoms with van der Waals surface area (Å²) in [6.45, 7) is 0. The maximum absolute atomic E-state index is 11.5. The highest BCUT2D eigenvalue weighted by Gasteiger charge is 2.13. The number of anilines is 3. The van der Waals surface area contributed by atoms with E-state index in [0.29, 0.717) is 28.3 Å². The first-order valence-corrected chi connectivity index (χ1v) is 8.73. The van der Waals surface area contributed by atoms with E-state index < -0.39 is 5.97 Å². The van der Waals surface area contributed by atoms with Crippen molar-refractivity contribution in [2.45, 2.75) is 0 Å². The number of carbonyl (C=O) groups is 1. The molecule has 2 aromatic heterocycles. The monoisotopic (exact) mass is 387 g/mol. The molecule has 4 rings (SSSR count). The quantitative estimate of drug-likeness (QED) is 0.495. The van der Waals surface area contributed by atoms with Crippen LogP contribution >= 0.6 is 0 Å². The molecular weight excluding hydrogens is 370 g/mol. The fourth-order valence-corrected chi connectivity index (χ4v) is 2.77. The second-order valence-corrected chi connectivity index (χ2v) is 6.07. The van der Waals surface area contributed by atoms with Crippen LogP contribution in [0.1, 0.15) is 10.4 Å². The summed E-state index contributed by atoms with van der Waals surface area (Å²) in [6, 6.07) is 16.2. The third-order valence-electron chi connectivity index (χ3n) is 4.22. The van der Waals surface area contributed by atoms with Gasteiger partial charge in [-0.05, 0) is 36.4 Å². The van der Waals surface area contributed by atoms with E-state index in [1.807, 2.05) is 24.3 Å². The largest absolute Gasteiger partial charge is 0.465 e. The van der Waals surface area contributed by atoms with Crippen LogP contribution in [-0.2, 0) is 4.74 Å². The van der Waals surface area contributed by atoms with E-state index in [1.54, 1.807) is 36.5 Å². The third kappa shape index (κ3) is 3.77. The molecule has 8 nitrogen and oxygen atoms in total. The second kappa shape index (κ2) is 7.81. The van der Waals surface area contributed by atoms with Gasteiger partial charge in [0.2, 0.25) is 5.88 Å². The zero-order valence-electron chi connectivity index (χ0n) is 15.5. The molecule has 0 fully saturated rings. The zero-order valence-corrected chi connectivity index (χ0v) is 15.5. The van der Waals surface area contributed by atoms with Gasteiger partial charge in [0.1, 0.15) is 17.5 Å². The van der Waals surface area contributed by atoms with Crippen molar-refractivity contribution in [1.82, 2.24) is 15.0 Å². The Balaban J connectivity index is 1.60. The number of rotatable bonds is 5. The van der Waals surface area contributed by atoms with Crippen molar-refractivity contribution in [3.05, 3.63) is 72.7 Å². The molecule has 0 unspecified atom stereocenters. The first kappa shape index (κ1) is 18.2. The number of fused-ring (bicyclic) bond motifs is 1. The van der Waals surface area contributed by atoms with Crippen LogP contribution in [-0.4, -0.2) is 28.0 Å². The van der Waals surface area contributed by atoms with Gasteiger partial charge in [-0.15, -0.1) is 0 Å². The molecule has 0 aliphatic rings. The number of esters is 1. The molecule has 29 heavy (non-hydrogen) atoms. The fraction of sp³-hybridized carbons (Fsp3) is 0.0476. The van der Waals surface area contributed by atoms with Crippen molar-refractivity contribution in [1.29, 1.82) is 0 Å². The second-order valence-electron chi connectivity index (χ2n) is 6.07. The minimum atomic E-state index is -0.405. The normalized spacial score (nSPS) is 10.5. The number of para-hydroxylation sites is 1. The summed E-state index contributed by atoms with van der Waals surface area (Å²) in [5.74, 6) is 0.736. The summed E-state index contributed by atoms with van der Waals surface area (Å²) in [7, 11) is 1.34. The van der Waals surface area contributed by atoms with Crippen molar-refractivity contribution in [2.75, 3.05) is 18.2 Å². The number of pyridine rings is 1. The van der Waals surface area contributed by atoms with Gasteiger partial charge in [-0.3, -0.25) is 4.98 Å². The van der Waals surface area contributed by atoms with Crippen molar-refractivity contribution in [3.63, 3.8) is 0 Å². The molecular formula is C21H17N5O3. The zero-order chi connectivity index (χ0) is 20.2. The lowest BCUT2D eigenvalue weighted by atomic mass is 10.2. The molecule has 0 radical (unpaired) electrons. The van der Waals surface area contributed by atoms with Gasteiger partial charge in [0.25, 0.3) is 0 Å². The van der Waals surface area contributed by atoms with Gasteiger partial charge in [0.05, 0.1) is 12.7 Å². The van der Waals surface area contributed by atoms with Crippen LogP contribution in [0.3, 0.4) is 0 Å². The van der Waals surface area contributed by atoms with Gasteiger partial charge < -0.3 is 20.5 Å². The molecule has 0 aliphatic carbocycles. The molecule has 0 saturated carbocycles. The van der Waals surface area contributed by atoms with Crippen LogP contribution in [0.15, 0.2) is 67.1 Å². The van der Waals surface area contributed by atoms with Crippen molar-refractivity contribution in [2.24, 2.45) is 0 Å². The summed E-state index contributed by atoms with van der Waals surface area (Å²) in [5.41, 5.74) is 8.31. The average molecular weight is 387 g/mol. The molecule has 0 saturated heterocycles. The Morgan fingerprint density at radius 3 is 2.59 bits per heavy atom. The van der Waals surface area contributed by atoms with Crippen LogP contribution < -0.4 is 15.8 Å². The number of nitrogens with zero attached hydrogens (tertiary/aromatic N) is 3. The van der Waals surface area contributed by atoms with Gasteiger partial charge in [-0.1, -0.05) is 18.2 Å². The lowest BCUT2D eigenvalue weighted by molar-refractivity contribution is 0.0601. The molecule has 144 valence electrons. The molecule has 0 aliphatic heterocycles. The molecule has 3 N–H and O–H groups in total. The number of nitrogen functional groups attached to an aromatic ring is 1. The Bertz CT molecular complexity index is 1170. The first-order valence-electron chi connectivity index (χ1n) is 8.73. The van der Waals surface area contributed by atoms with E-state index in [-0.39, 0.29) is 11.6 Å². The van der Waals surface area contributed by atoms with Gasteiger partial charge in [0, 0.05) is 17.3 Å². The summed E-state index contributed by atoms with van der Waals surface area (Å²) in [6.07, 6.45) is 3.05. The highest BCUT2D eigenvalue weighted by atomic mass is 16.5. The van der Waals surface area contributed by atoms with Gasteiger partial charge in [-0.25, -0.2) is 9.78 Å². The van der Waals surface area contributed by atoms with Gasteiger partial charge in [-0.2, -0.15) is 4.98 Å². The number of hydrogen-bond acceptors (Lipinski definition) is 8. The molecule has 0 bridgehead atoms. The molecule has 4 aromatic rings. The molecule has 0 atom stereocenters. The lowest BCUT2D eigenvalue weighted by Crippen LogP contribution is -2.04. The number of hydrogen-bond donors (Lipinski definition) is 2. The van der Waals surface area contributed by atoms with E-state index in [2.05, 4.69) is 20.3 Å². The van der Waals surface area contributed by atoms with Crippen LogP contribution in [0.5, 0.6) is 11.6 Å². The predicted octanol–water partition coefficient (Wildman–Crippen LogP) is 3.93. The maximum atomic E-state index is 11.5. The van der Waals surface area contributed by atoms with Crippen LogP contribution in [0.2, 0.25) is 0 Å². The molecule has 0 amide bonds. The van der Waals surface area contributed by atoms with E-state index in [1.165, 1.54) is 13.4 Å². The third-order valence-corrected chi connectivity index (χ3v) is 4.22. The molecule has 8 heteroatoms. The van der Waals surface area contributed by atoms with Crippen LogP contribution in [0.25, 0.3) is 10.9 Å². The highest BCUT2D eigenvalue weighted by molar-refractivity contribution is 5.90. The smallest absolute Gasteiger partial charge is 0.337 e. The minimum Gasteiger partial charge on any atom is -0.465 e. The fourth-order valence-electron chi connectivity index (χ4n) is 2.77. The molecule has 2 aromatic carbocycles. The summed E-state index contributed by atoms with van der Waals surface area (Å²) in [5, 5.41) is 4.04. The Morgan fingerprint density at radius 1 is 1.00 bits per heavy atom. The predicted molar refractivity (Wildman–Crippen MR) is 109 cm³/mol. The lowest BCUT2D eigenvalue weighted by Gasteiger charge is -2.12. The number of benzene rings is 2. The number of ether oxygens (including phenoxy) is 2. The summed E-state index contributed by atoms with van der Waals surface area (Å²) >= 11 is 0. The topological polar surface area (TPSA) is 112 Å².